The average molecular weight is 366 g/mol. The molecule has 0 bridgehead atoms. The highest BCUT2D eigenvalue weighted by atomic mass is 19.1. The fourth-order valence-corrected chi connectivity index (χ4v) is 3.38. The standard InChI is InChI=1S/C22H23FN2O2/c23-20-9-5-4-8-19(20)21-14-24-22(27-21)15-25-12-10-18(11-13-25)26-16-17-6-2-1-3-7-17/h1-9,14,18H,10-13,15-16H2. The molecule has 0 aliphatic carbocycles. The van der Waals surface area contributed by atoms with Crippen LogP contribution in [-0.2, 0) is 17.9 Å². The Balaban J connectivity index is 1.27. The number of hydrogen-bond donors (Lipinski definition) is 0. The van der Waals surface area contributed by atoms with Crippen molar-refractivity contribution in [3.8, 4) is 11.3 Å². The molecule has 5 heteroatoms. The molecular formula is C22H23FN2O2. The van der Waals surface area contributed by atoms with E-state index in [0.29, 0.717) is 36.5 Å². The summed E-state index contributed by atoms with van der Waals surface area (Å²) in [6.45, 7) is 3.19. The average Bonchev–Trinajstić information content (AvgIpc) is 3.17. The van der Waals surface area contributed by atoms with Gasteiger partial charge in [0.1, 0.15) is 5.82 Å². The number of hydrogen-bond acceptors (Lipinski definition) is 4. The van der Waals surface area contributed by atoms with Crippen LogP contribution >= 0.6 is 0 Å². The molecule has 27 heavy (non-hydrogen) atoms. The summed E-state index contributed by atoms with van der Waals surface area (Å²) >= 11 is 0. The third-order valence-corrected chi connectivity index (χ3v) is 4.91. The number of rotatable bonds is 6. The van der Waals surface area contributed by atoms with Crippen molar-refractivity contribution < 1.29 is 13.5 Å². The second kappa shape index (κ2) is 8.46. The second-order valence-corrected chi connectivity index (χ2v) is 6.87. The van der Waals surface area contributed by atoms with Crippen molar-refractivity contribution in [2.24, 2.45) is 0 Å². The van der Waals surface area contributed by atoms with E-state index < -0.39 is 0 Å². The molecule has 1 aliphatic heterocycles. The van der Waals surface area contributed by atoms with Gasteiger partial charge in [-0.05, 0) is 30.5 Å². The van der Waals surface area contributed by atoms with Gasteiger partial charge in [-0.15, -0.1) is 0 Å². The van der Waals surface area contributed by atoms with E-state index in [1.165, 1.54) is 11.6 Å². The van der Waals surface area contributed by atoms with Crippen molar-refractivity contribution in [3.63, 3.8) is 0 Å². The van der Waals surface area contributed by atoms with Crippen LogP contribution in [0.5, 0.6) is 0 Å². The Morgan fingerprint density at radius 1 is 1.04 bits per heavy atom. The molecule has 2 aromatic carbocycles. The lowest BCUT2D eigenvalue weighted by Crippen LogP contribution is -2.36. The third-order valence-electron chi connectivity index (χ3n) is 4.91. The fourth-order valence-electron chi connectivity index (χ4n) is 3.38. The van der Waals surface area contributed by atoms with Crippen LogP contribution in [0.3, 0.4) is 0 Å². The van der Waals surface area contributed by atoms with Crippen molar-refractivity contribution in [1.82, 2.24) is 9.88 Å². The molecule has 2 heterocycles. The Morgan fingerprint density at radius 2 is 1.78 bits per heavy atom. The van der Waals surface area contributed by atoms with E-state index in [4.69, 9.17) is 9.15 Å². The number of likely N-dealkylation sites (tertiary alicyclic amines) is 1. The molecule has 1 aromatic heterocycles. The fraction of sp³-hybridized carbons (Fsp3) is 0.318. The SMILES string of the molecule is Fc1ccccc1-c1cnc(CN2CCC(OCc3ccccc3)CC2)o1. The smallest absolute Gasteiger partial charge is 0.209 e. The number of piperidine rings is 1. The lowest BCUT2D eigenvalue weighted by molar-refractivity contribution is -0.00525. The van der Waals surface area contributed by atoms with Crippen molar-refractivity contribution in [1.29, 1.82) is 0 Å². The number of ether oxygens (including phenoxy) is 1. The van der Waals surface area contributed by atoms with E-state index in [1.807, 2.05) is 18.2 Å². The van der Waals surface area contributed by atoms with Crippen LogP contribution in [0.15, 0.2) is 65.2 Å². The molecule has 140 valence electrons. The predicted molar refractivity (Wildman–Crippen MR) is 101 cm³/mol. The van der Waals surface area contributed by atoms with Crippen LogP contribution in [0.1, 0.15) is 24.3 Å². The predicted octanol–water partition coefficient (Wildman–Crippen LogP) is 4.66. The second-order valence-electron chi connectivity index (χ2n) is 6.87. The number of aromatic nitrogens is 1. The molecule has 1 aliphatic rings. The highest BCUT2D eigenvalue weighted by Crippen LogP contribution is 2.24. The van der Waals surface area contributed by atoms with Gasteiger partial charge in [-0.2, -0.15) is 0 Å². The van der Waals surface area contributed by atoms with E-state index in [-0.39, 0.29) is 5.82 Å². The zero-order chi connectivity index (χ0) is 18.5. The number of nitrogens with zero attached hydrogens (tertiary/aromatic N) is 2. The highest BCUT2D eigenvalue weighted by molar-refractivity contribution is 5.56. The molecular weight excluding hydrogens is 343 g/mol. The van der Waals surface area contributed by atoms with Crippen LogP contribution in [0, 0.1) is 5.82 Å². The first-order valence-electron chi connectivity index (χ1n) is 9.35. The van der Waals surface area contributed by atoms with E-state index >= 15 is 0 Å². The first kappa shape index (κ1) is 17.9. The summed E-state index contributed by atoms with van der Waals surface area (Å²) in [5.41, 5.74) is 1.66. The topological polar surface area (TPSA) is 38.5 Å². The quantitative estimate of drug-likeness (QED) is 0.636. The molecule has 3 aromatic rings. The normalized spacial score (nSPS) is 15.9. The van der Waals surface area contributed by atoms with Gasteiger partial charge < -0.3 is 9.15 Å². The van der Waals surface area contributed by atoms with Crippen LogP contribution in [0.25, 0.3) is 11.3 Å². The van der Waals surface area contributed by atoms with E-state index in [0.717, 1.165) is 25.9 Å². The lowest BCUT2D eigenvalue weighted by Gasteiger charge is -2.31. The first-order chi connectivity index (χ1) is 13.3. The molecule has 4 rings (SSSR count). The Hall–Kier alpha value is -2.50. The highest BCUT2D eigenvalue weighted by Gasteiger charge is 2.21. The van der Waals surface area contributed by atoms with Gasteiger partial charge in [0, 0.05) is 13.1 Å². The summed E-state index contributed by atoms with van der Waals surface area (Å²) in [5.74, 6) is 0.803. The summed E-state index contributed by atoms with van der Waals surface area (Å²) in [6.07, 6.45) is 3.88. The maximum absolute atomic E-state index is 13.9. The minimum atomic E-state index is -0.295. The van der Waals surface area contributed by atoms with E-state index in [9.17, 15) is 4.39 Å². The molecule has 0 amide bonds. The number of halogens is 1. The molecule has 1 fully saturated rings. The third kappa shape index (κ3) is 4.62. The molecule has 0 saturated carbocycles. The van der Waals surface area contributed by atoms with Gasteiger partial charge in [-0.25, -0.2) is 9.37 Å². The van der Waals surface area contributed by atoms with Gasteiger partial charge in [0.05, 0.1) is 31.0 Å². The Bertz CT molecular complexity index is 858. The molecule has 4 nitrogen and oxygen atoms in total. The maximum Gasteiger partial charge on any atom is 0.209 e. The van der Waals surface area contributed by atoms with Gasteiger partial charge in [0.2, 0.25) is 5.89 Å². The maximum atomic E-state index is 13.9. The van der Waals surface area contributed by atoms with E-state index in [1.54, 1.807) is 24.4 Å². The van der Waals surface area contributed by atoms with Gasteiger partial charge >= 0.3 is 0 Å². The number of benzene rings is 2. The van der Waals surface area contributed by atoms with Crippen molar-refractivity contribution in [3.05, 3.63) is 78.1 Å². The van der Waals surface area contributed by atoms with Crippen molar-refractivity contribution >= 4 is 0 Å². The van der Waals surface area contributed by atoms with E-state index in [2.05, 4.69) is 22.0 Å². The molecule has 0 N–H and O–H groups in total. The van der Waals surface area contributed by atoms with Gasteiger partial charge in [0.15, 0.2) is 5.76 Å². The Labute approximate surface area is 158 Å². The Morgan fingerprint density at radius 3 is 2.56 bits per heavy atom. The van der Waals surface area contributed by atoms with Crippen LogP contribution in [0.4, 0.5) is 4.39 Å². The largest absolute Gasteiger partial charge is 0.439 e. The Kier molecular flexibility index (Phi) is 5.61. The minimum absolute atomic E-state index is 0.292. The van der Waals surface area contributed by atoms with Gasteiger partial charge in [-0.3, -0.25) is 4.90 Å². The summed E-state index contributed by atoms with van der Waals surface area (Å²) in [5, 5.41) is 0. The summed E-state index contributed by atoms with van der Waals surface area (Å²) in [6, 6.07) is 16.9. The molecule has 0 unspecified atom stereocenters. The zero-order valence-corrected chi connectivity index (χ0v) is 15.2. The van der Waals surface area contributed by atoms with Crippen LogP contribution < -0.4 is 0 Å². The first-order valence-corrected chi connectivity index (χ1v) is 9.35. The minimum Gasteiger partial charge on any atom is -0.439 e. The molecule has 0 atom stereocenters. The summed E-state index contributed by atoms with van der Waals surface area (Å²) in [4.78, 5) is 6.62. The van der Waals surface area contributed by atoms with Gasteiger partial charge in [-0.1, -0.05) is 42.5 Å². The van der Waals surface area contributed by atoms with Gasteiger partial charge in [0.25, 0.3) is 0 Å². The molecule has 1 saturated heterocycles. The molecule has 0 radical (unpaired) electrons. The van der Waals surface area contributed by atoms with Crippen molar-refractivity contribution in [2.75, 3.05) is 13.1 Å². The monoisotopic (exact) mass is 366 g/mol. The number of oxazole rings is 1. The molecule has 0 spiro atoms. The lowest BCUT2D eigenvalue weighted by atomic mass is 10.1. The summed E-state index contributed by atoms with van der Waals surface area (Å²) in [7, 11) is 0. The summed E-state index contributed by atoms with van der Waals surface area (Å²) < 4.78 is 25.7. The van der Waals surface area contributed by atoms with Crippen LogP contribution in [0.2, 0.25) is 0 Å². The van der Waals surface area contributed by atoms with Crippen LogP contribution in [-0.4, -0.2) is 29.1 Å². The van der Waals surface area contributed by atoms with Crippen molar-refractivity contribution in [2.45, 2.75) is 32.1 Å². The zero-order valence-electron chi connectivity index (χ0n) is 15.2.